The molecule has 0 heterocycles. The van der Waals surface area contributed by atoms with Crippen LogP contribution in [0.4, 0.5) is 56.9 Å². The Morgan fingerprint density at radius 1 is 0.274 bits per heavy atom. The van der Waals surface area contributed by atoms with Crippen molar-refractivity contribution in [3.05, 3.63) is 153 Å². The Balaban J connectivity index is 1.09. The van der Waals surface area contributed by atoms with E-state index in [4.69, 9.17) is 0 Å². The van der Waals surface area contributed by atoms with Crippen LogP contribution in [-0.2, 0) is 12.8 Å². The van der Waals surface area contributed by atoms with E-state index in [1.807, 2.05) is 128 Å². The van der Waals surface area contributed by atoms with E-state index in [-0.39, 0.29) is 0 Å². The van der Waals surface area contributed by atoms with Gasteiger partial charge in [0.25, 0.3) is 0 Å². The Bertz CT molecular complexity index is 2390. The molecule has 0 aliphatic carbocycles. The van der Waals surface area contributed by atoms with E-state index in [1.165, 1.54) is 36.8 Å². The lowest BCUT2D eigenvalue weighted by Gasteiger charge is -2.08. The summed E-state index contributed by atoms with van der Waals surface area (Å²) in [6.45, 7) is 20.6. The van der Waals surface area contributed by atoms with Gasteiger partial charge in [0.05, 0.1) is 56.9 Å². The molecule has 316 valence electrons. The van der Waals surface area contributed by atoms with Crippen molar-refractivity contribution in [2.45, 2.75) is 108 Å². The fraction of sp³-hybridized carbons (Fsp3) is 0.308. The average molecular weight is 823 g/mol. The SMILES string of the molecule is CCCCc1ccc(N=Nc2c(C)cc(N=Nc3c(C)cc(N=Nc4cc(C)c(N=Nc5cc(C)c(N=Nc6ccc(CCCC)cc6)c(C)c5)c(C)c4)cc3C)cc2C)cc1. The molecule has 6 aromatic rings. The van der Waals surface area contributed by atoms with E-state index in [1.54, 1.807) is 0 Å². The summed E-state index contributed by atoms with van der Waals surface area (Å²) in [5.74, 6) is 0. The fourth-order valence-corrected chi connectivity index (χ4v) is 7.36. The number of unbranched alkanes of at least 4 members (excludes halogenated alkanes) is 2. The lowest BCUT2D eigenvalue weighted by Crippen LogP contribution is -1.83. The van der Waals surface area contributed by atoms with Crippen molar-refractivity contribution in [3.63, 3.8) is 0 Å². The van der Waals surface area contributed by atoms with Gasteiger partial charge in [0.2, 0.25) is 0 Å². The topological polar surface area (TPSA) is 124 Å². The van der Waals surface area contributed by atoms with Gasteiger partial charge in [-0.15, -0.1) is 0 Å². The molecule has 0 amide bonds. The molecule has 0 aliphatic rings. The van der Waals surface area contributed by atoms with E-state index in [2.05, 4.69) is 89.3 Å². The van der Waals surface area contributed by atoms with Gasteiger partial charge in [0, 0.05) is 0 Å². The van der Waals surface area contributed by atoms with Crippen LogP contribution in [0.5, 0.6) is 0 Å². The quantitative estimate of drug-likeness (QED) is 0.0863. The van der Waals surface area contributed by atoms with Gasteiger partial charge in [-0.05, 0) is 210 Å². The van der Waals surface area contributed by atoms with Gasteiger partial charge in [0.1, 0.15) is 0 Å². The minimum atomic E-state index is 0.740. The Kier molecular flexibility index (Phi) is 15.4. The second-order valence-electron chi connectivity index (χ2n) is 16.3. The van der Waals surface area contributed by atoms with Crippen LogP contribution in [0, 0.1) is 55.4 Å². The highest BCUT2D eigenvalue weighted by Gasteiger charge is 2.10. The second-order valence-corrected chi connectivity index (χ2v) is 16.3. The number of nitrogens with zero attached hydrogens (tertiary/aromatic N) is 10. The molecule has 0 saturated heterocycles. The first kappa shape index (κ1) is 44.9. The van der Waals surface area contributed by atoms with E-state index < -0.39 is 0 Å². The first-order chi connectivity index (χ1) is 29.9. The molecule has 10 heteroatoms. The third-order valence-corrected chi connectivity index (χ3v) is 10.8. The summed E-state index contributed by atoms with van der Waals surface area (Å²) in [4.78, 5) is 0. The first-order valence-corrected chi connectivity index (χ1v) is 21.6. The lowest BCUT2D eigenvalue weighted by molar-refractivity contribution is 0.795. The molecule has 10 nitrogen and oxygen atoms in total. The van der Waals surface area contributed by atoms with Crippen LogP contribution >= 0.6 is 0 Å². The zero-order valence-electron chi connectivity index (χ0n) is 38.0. The number of aryl methyl sites for hydroxylation is 10. The summed E-state index contributed by atoms with van der Waals surface area (Å²) in [6.07, 6.45) is 6.93. The highest BCUT2D eigenvalue weighted by Crippen LogP contribution is 2.37. The largest absolute Gasteiger partial charge is 0.151 e. The highest BCUT2D eigenvalue weighted by molar-refractivity contribution is 5.64. The highest BCUT2D eigenvalue weighted by atomic mass is 15.1. The smallest absolute Gasteiger partial charge is 0.0916 e. The van der Waals surface area contributed by atoms with Gasteiger partial charge in [-0.25, -0.2) is 0 Å². The van der Waals surface area contributed by atoms with E-state index in [0.29, 0.717) is 0 Å². The van der Waals surface area contributed by atoms with Crippen LogP contribution in [0.2, 0.25) is 0 Å². The normalized spacial score (nSPS) is 12.1. The van der Waals surface area contributed by atoms with Crippen molar-refractivity contribution in [1.29, 1.82) is 0 Å². The Morgan fingerprint density at radius 3 is 0.710 bits per heavy atom. The summed E-state index contributed by atoms with van der Waals surface area (Å²) >= 11 is 0. The number of hydrogen-bond acceptors (Lipinski definition) is 10. The Labute approximate surface area is 367 Å². The second kappa shape index (κ2) is 21.2. The van der Waals surface area contributed by atoms with Crippen molar-refractivity contribution in [2.75, 3.05) is 0 Å². The summed E-state index contributed by atoms with van der Waals surface area (Å²) in [5.41, 5.74) is 18.4. The van der Waals surface area contributed by atoms with Crippen LogP contribution in [0.15, 0.2) is 148 Å². The molecule has 0 aromatic heterocycles. The van der Waals surface area contributed by atoms with E-state index in [9.17, 15) is 0 Å². The lowest BCUT2D eigenvalue weighted by atomic mass is 10.1. The molecule has 0 atom stereocenters. The van der Waals surface area contributed by atoms with Gasteiger partial charge in [-0.2, -0.15) is 51.1 Å². The minimum Gasteiger partial charge on any atom is -0.151 e. The molecule has 0 saturated carbocycles. The van der Waals surface area contributed by atoms with Crippen molar-refractivity contribution >= 4 is 56.9 Å². The maximum absolute atomic E-state index is 4.66. The summed E-state index contributed by atoms with van der Waals surface area (Å²) in [7, 11) is 0. The van der Waals surface area contributed by atoms with Crippen molar-refractivity contribution in [1.82, 2.24) is 0 Å². The predicted octanol–water partition coefficient (Wildman–Crippen LogP) is 18.9. The van der Waals surface area contributed by atoms with Gasteiger partial charge in [0.15, 0.2) is 0 Å². The summed E-state index contributed by atoms with van der Waals surface area (Å²) in [6, 6.07) is 32.5. The maximum Gasteiger partial charge on any atom is 0.0916 e. The molecule has 6 aromatic carbocycles. The molecule has 0 unspecified atom stereocenters. The summed E-state index contributed by atoms with van der Waals surface area (Å²) < 4.78 is 0. The number of rotatable bonds is 16. The number of hydrogen-bond donors (Lipinski definition) is 0. The first-order valence-electron chi connectivity index (χ1n) is 21.6. The van der Waals surface area contributed by atoms with Crippen molar-refractivity contribution < 1.29 is 0 Å². The van der Waals surface area contributed by atoms with Gasteiger partial charge < -0.3 is 0 Å². The van der Waals surface area contributed by atoms with Crippen LogP contribution in [0.1, 0.15) is 95.2 Å². The summed E-state index contributed by atoms with van der Waals surface area (Å²) in [5, 5.41) is 45.9. The molecule has 0 spiro atoms. The average Bonchev–Trinajstić information content (AvgIpc) is 3.24. The van der Waals surface area contributed by atoms with E-state index >= 15 is 0 Å². The Hall–Kier alpha value is -6.68. The van der Waals surface area contributed by atoms with Crippen LogP contribution < -0.4 is 0 Å². The van der Waals surface area contributed by atoms with Gasteiger partial charge >= 0.3 is 0 Å². The monoisotopic (exact) mass is 822 g/mol. The van der Waals surface area contributed by atoms with Gasteiger partial charge in [-0.1, -0.05) is 51.0 Å². The van der Waals surface area contributed by atoms with Crippen molar-refractivity contribution in [3.8, 4) is 0 Å². The molecular weight excluding hydrogens is 765 g/mol. The third-order valence-electron chi connectivity index (χ3n) is 10.8. The molecule has 0 aliphatic heterocycles. The number of azo groups is 5. The standard InChI is InChI=1S/C52H58N10/c1-11-13-15-41-17-21-43(22-18-41)53-59-49-37(7)29-47(30-38(49)8)57-61-51-33(3)25-45(26-34(51)4)55-56-46-27-35(5)52(36(6)28-46)62-58-48-31-39(9)50(40(10)32-48)60-54-44-23-19-42(20-24-44)16-14-12-2/h17-32H,11-16H2,1-10H3. The zero-order valence-corrected chi connectivity index (χ0v) is 38.0. The van der Waals surface area contributed by atoms with Gasteiger partial charge in [-0.3, -0.25) is 0 Å². The third kappa shape index (κ3) is 12.0. The Morgan fingerprint density at radius 2 is 0.484 bits per heavy atom. The van der Waals surface area contributed by atoms with Crippen LogP contribution in [0.3, 0.4) is 0 Å². The molecule has 0 N–H and O–H groups in total. The molecular formula is C52H58N10. The fourth-order valence-electron chi connectivity index (χ4n) is 7.36. The van der Waals surface area contributed by atoms with Crippen molar-refractivity contribution in [2.24, 2.45) is 51.1 Å². The maximum atomic E-state index is 4.66. The van der Waals surface area contributed by atoms with Crippen LogP contribution in [0.25, 0.3) is 0 Å². The molecule has 0 fully saturated rings. The zero-order chi connectivity index (χ0) is 44.2. The van der Waals surface area contributed by atoms with Crippen LogP contribution in [-0.4, -0.2) is 0 Å². The molecule has 0 bridgehead atoms. The molecule has 62 heavy (non-hydrogen) atoms. The predicted molar refractivity (Wildman–Crippen MR) is 255 cm³/mol. The molecule has 0 radical (unpaired) electrons. The number of benzene rings is 6. The minimum absolute atomic E-state index is 0.740. The van der Waals surface area contributed by atoms with E-state index in [0.717, 1.165) is 114 Å². The molecule has 6 rings (SSSR count).